The molecular weight excluding hydrogens is 497 g/mol. The van der Waals surface area contributed by atoms with Gasteiger partial charge >= 0.3 is 0 Å². The maximum atomic E-state index is 13.6. The first-order valence-corrected chi connectivity index (χ1v) is 14.7. The molecule has 0 radical (unpaired) electrons. The third-order valence-electron chi connectivity index (χ3n) is 7.27. The molecule has 0 saturated carbocycles. The van der Waals surface area contributed by atoms with Crippen molar-refractivity contribution in [2.75, 3.05) is 72.8 Å². The molecule has 206 valence electrons. The summed E-state index contributed by atoms with van der Waals surface area (Å²) in [5, 5.41) is 3.08. The first-order chi connectivity index (χ1) is 17.7. The molecule has 0 unspecified atom stereocenters. The molecule has 4 rings (SSSR count). The van der Waals surface area contributed by atoms with Crippen LogP contribution in [0.4, 0.5) is 4.39 Å². The number of piperazine rings is 1. The maximum absolute atomic E-state index is 13.6. The van der Waals surface area contributed by atoms with E-state index in [0.29, 0.717) is 69.6 Å². The minimum atomic E-state index is -3.75. The lowest BCUT2D eigenvalue weighted by molar-refractivity contribution is -0.118. The van der Waals surface area contributed by atoms with Crippen LogP contribution in [0.5, 0.6) is 5.75 Å². The Morgan fingerprint density at radius 1 is 1.16 bits per heavy atom. The van der Waals surface area contributed by atoms with Crippen molar-refractivity contribution in [3.63, 3.8) is 0 Å². The van der Waals surface area contributed by atoms with Gasteiger partial charge in [-0.1, -0.05) is 13.8 Å². The molecule has 11 heteroatoms. The number of hydrogen-bond donors (Lipinski definition) is 1. The molecular formula is C26H40FN5O4S. The molecule has 0 aliphatic carbocycles. The highest BCUT2D eigenvalue weighted by Crippen LogP contribution is 2.39. The number of rotatable bonds is 10. The molecule has 0 spiro atoms. The third-order valence-corrected chi connectivity index (χ3v) is 9.16. The first kappa shape index (κ1) is 27.8. The van der Waals surface area contributed by atoms with Gasteiger partial charge in [-0.3, -0.25) is 14.1 Å². The SMILES string of the molecule is CCCN1CC2=C(C(=O)N[C@H]2c2cc(S(=O)(=O)N3CCN(C[C@@H](C)CF)CC3)ccc2OCC)N(C)C1. The fourth-order valence-corrected chi connectivity index (χ4v) is 7.00. The number of halogens is 1. The minimum Gasteiger partial charge on any atom is -0.494 e. The summed E-state index contributed by atoms with van der Waals surface area (Å²) >= 11 is 0. The Bertz CT molecular complexity index is 1120. The predicted octanol–water partition coefficient (Wildman–Crippen LogP) is 2.04. The second kappa shape index (κ2) is 11.7. The standard InChI is InChI=1S/C26H40FN5O4S/c1-5-9-31-17-22-24(28-26(33)25(22)29(4)18-31)21-14-20(7-8-23(21)36-6-2)37(34,35)32-12-10-30(11-13-32)16-19(3)15-27/h7-8,14,19,24H,5-6,9-13,15-18H2,1-4H3,(H,28,33)/t19-,24-/m0/s1. The van der Waals surface area contributed by atoms with Gasteiger partial charge < -0.3 is 19.9 Å². The van der Waals surface area contributed by atoms with E-state index in [1.54, 1.807) is 18.2 Å². The largest absolute Gasteiger partial charge is 0.494 e. The Hall–Kier alpha value is -2.21. The zero-order chi connectivity index (χ0) is 26.7. The molecule has 3 aliphatic heterocycles. The van der Waals surface area contributed by atoms with Crippen molar-refractivity contribution < 1.29 is 22.3 Å². The Kier molecular flexibility index (Phi) is 8.77. The van der Waals surface area contributed by atoms with E-state index in [-0.39, 0.29) is 23.4 Å². The van der Waals surface area contributed by atoms with Gasteiger partial charge in [0.1, 0.15) is 11.4 Å². The van der Waals surface area contributed by atoms with Gasteiger partial charge in [0.2, 0.25) is 10.0 Å². The number of carbonyl (C=O) groups is 1. The summed E-state index contributed by atoms with van der Waals surface area (Å²) in [6.45, 7) is 10.6. The average molecular weight is 538 g/mol. The minimum absolute atomic E-state index is 0.0651. The normalized spacial score (nSPS) is 22.8. The molecule has 1 N–H and O–H groups in total. The van der Waals surface area contributed by atoms with Crippen LogP contribution < -0.4 is 10.1 Å². The number of nitrogens with zero attached hydrogens (tertiary/aromatic N) is 4. The fourth-order valence-electron chi connectivity index (χ4n) is 5.54. The lowest BCUT2D eigenvalue weighted by atomic mass is 9.97. The smallest absolute Gasteiger partial charge is 0.268 e. The first-order valence-electron chi connectivity index (χ1n) is 13.2. The molecule has 9 nitrogen and oxygen atoms in total. The molecule has 1 aromatic rings. The number of benzene rings is 1. The second-order valence-electron chi connectivity index (χ2n) is 10.3. The Labute approximate surface area is 220 Å². The summed E-state index contributed by atoms with van der Waals surface area (Å²) in [6.07, 6.45) is 1.00. The quantitative estimate of drug-likeness (QED) is 0.489. The van der Waals surface area contributed by atoms with E-state index >= 15 is 0 Å². The van der Waals surface area contributed by atoms with Crippen molar-refractivity contribution in [1.82, 2.24) is 24.3 Å². The average Bonchev–Trinajstić information content (AvgIpc) is 3.21. The van der Waals surface area contributed by atoms with Crippen LogP contribution in [0, 0.1) is 5.92 Å². The van der Waals surface area contributed by atoms with Gasteiger partial charge in [0.05, 0.1) is 30.9 Å². The summed E-state index contributed by atoms with van der Waals surface area (Å²) in [5.41, 5.74) is 2.26. The number of carbonyl (C=O) groups excluding carboxylic acids is 1. The lowest BCUT2D eigenvalue weighted by Gasteiger charge is -2.36. The van der Waals surface area contributed by atoms with Gasteiger partial charge in [0.25, 0.3) is 5.91 Å². The molecule has 0 aromatic heterocycles. The summed E-state index contributed by atoms with van der Waals surface area (Å²) in [6, 6.07) is 4.49. The molecule has 1 aromatic carbocycles. The highest BCUT2D eigenvalue weighted by atomic mass is 32.2. The highest BCUT2D eigenvalue weighted by molar-refractivity contribution is 7.89. The van der Waals surface area contributed by atoms with E-state index in [4.69, 9.17) is 4.74 Å². The van der Waals surface area contributed by atoms with E-state index in [2.05, 4.69) is 22.0 Å². The molecule has 3 aliphatic rings. The molecule has 37 heavy (non-hydrogen) atoms. The molecule has 1 fully saturated rings. The number of alkyl halides is 1. The predicted molar refractivity (Wildman–Crippen MR) is 140 cm³/mol. The van der Waals surface area contributed by atoms with Crippen molar-refractivity contribution in [2.45, 2.75) is 38.1 Å². The van der Waals surface area contributed by atoms with Crippen LogP contribution in [0.15, 0.2) is 34.4 Å². The van der Waals surface area contributed by atoms with Crippen molar-refractivity contribution in [3.05, 3.63) is 35.0 Å². The van der Waals surface area contributed by atoms with Gasteiger partial charge in [-0.2, -0.15) is 4.31 Å². The number of amides is 1. The fraction of sp³-hybridized carbons (Fsp3) is 0.654. The van der Waals surface area contributed by atoms with Crippen LogP contribution >= 0.6 is 0 Å². The van der Waals surface area contributed by atoms with Crippen LogP contribution in [-0.2, 0) is 14.8 Å². The van der Waals surface area contributed by atoms with Gasteiger partial charge in [0, 0.05) is 51.9 Å². The number of ether oxygens (including phenoxy) is 1. The van der Waals surface area contributed by atoms with Crippen LogP contribution in [0.3, 0.4) is 0 Å². The molecule has 2 atom stereocenters. The molecule has 0 bridgehead atoms. The monoisotopic (exact) mass is 537 g/mol. The van der Waals surface area contributed by atoms with Crippen molar-refractivity contribution in [2.24, 2.45) is 5.92 Å². The Morgan fingerprint density at radius 3 is 2.54 bits per heavy atom. The number of likely N-dealkylation sites (N-methyl/N-ethyl adjacent to an activating group) is 1. The van der Waals surface area contributed by atoms with Crippen LogP contribution in [0.1, 0.15) is 38.8 Å². The van der Waals surface area contributed by atoms with Crippen LogP contribution in [0.2, 0.25) is 0 Å². The van der Waals surface area contributed by atoms with Gasteiger partial charge in [0.15, 0.2) is 0 Å². The van der Waals surface area contributed by atoms with E-state index < -0.39 is 16.1 Å². The summed E-state index contributed by atoms with van der Waals surface area (Å²) in [7, 11) is -1.83. The summed E-state index contributed by atoms with van der Waals surface area (Å²) in [5.74, 6) is 0.360. The Morgan fingerprint density at radius 2 is 1.89 bits per heavy atom. The van der Waals surface area contributed by atoms with Crippen molar-refractivity contribution in [1.29, 1.82) is 0 Å². The zero-order valence-electron chi connectivity index (χ0n) is 22.4. The van der Waals surface area contributed by atoms with E-state index in [1.807, 2.05) is 25.8 Å². The molecule has 3 heterocycles. The van der Waals surface area contributed by atoms with Crippen molar-refractivity contribution in [3.8, 4) is 5.75 Å². The maximum Gasteiger partial charge on any atom is 0.268 e. The second-order valence-corrected chi connectivity index (χ2v) is 12.2. The third kappa shape index (κ3) is 5.79. The van der Waals surface area contributed by atoms with Gasteiger partial charge in [-0.05, 0) is 49.6 Å². The lowest BCUT2D eigenvalue weighted by Crippen LogP contribution is -2.49. The topological polar surface area (TPSA) is 85.4 Å². The summed E-state index contributed by atoms with van der Waals surface area (Å²) < 4.78 is 47.6. The highest BCUT2D eigenvalue weighted by Gasteiger charge is 2.40. The van der Waals surface area contributed by atoms with Gasteiger partial charge in [-0.15, -0.1) is 0 Å². The van der Waals surface area contributed by atoms with Crippen molar-refractivity contribution >= 4 is 15.9 Å². The Balaban J connectivity index is 1.62. The van der Waals surface area contributed by atoms with E-state index in [1.165, 1.54) is 4.31 Å². The van der Waals surface area contributed by atoms with E-state index in [0.717, 1.165) is 18.5 Å². The van der Waals surface area contributed by atoms with E-state index in [9.17, 15) is 17.6 Å². The van der Waals surface area contributed by atoms with Crippen LogP contribution in [-0.4, -0.2) is 106 Å². The number of hydrogen-bond acceptors (Lipinski definition) is 7. The van der Waals surface area contributed by atoms with Gasteiger partial charge in [-0.25, -0.2) is 8.42 Å². The zero-order valence-corrected chi connectivity index (χ0v) is 23.2. The number of sulfonamides is 1. The summed E-state index contributed by atoms with van der Waals surface area (Å²) in [4.78, 5) is 19.5. The molecule has 1 saturated heterocycles. The van der Waals surface area contributed by atoms with Crippen LogP contribution in [0.25, 0.3) is 0 Å². The molecule has 1 amide bonds. The number of nitrogens with one attached hydrogen (secondary N) is 1.